The number of carbonyl (C=O) groups is 1. The predicted octanol–water partition coefficient (Wildman–Crippen LogP) is 2.42. The van der Waals surface area contributed by atoms with Crippen molar-refractivity contribution >= 4 is 28.9 Å². The SMILES string of the molecule is COC(=O)C(N)Cc1ccccc1OCc1cnc(Cl)s1. The van der Waals surface area contributed by atoms with Gasteiger partial charge in [-0.2, -0.15) is 0 Å². The number of hydrogen-bond acceptors (Lipinski definition) is 6. The molecule has 0 saturated carbocycles. The zero-order valence-electron chi connectivity index (χ0n) is 11.4. The van der Waals surface area contributed by atoms with Crippen molar-refractivity contribution in [2.75, 3.05) is 7.11 Å². The fourth-order valence-electron chi connectivity index (χ4n) is 1.78. The normalized spacial score (nSPS) is 12.0. The van der Waals surface area contributed by atoms with Gasteiger partial charge in [0.2, 0.25) is 0 Å². The Morgan fingerprint density at radius 1 is 1.48 bits per heavy atom. The van der Waals surface area contributed by atoms with Crippen molar-refractivity contribution in [1.82, 2.24) is 4.98 Å². The van der Waals surface area contributed by atoms with Crippen molar-refractivity contribution in [2.24, 2.45) is 5.73 Å². The predicted molar refractivity (Wildman–Crippen MR) is 81.6 cm³/mol. The Morgan fingerprint density at radius 3 is 2.90 bits per heavy atom. The Labute approximate surface area is 131 Å². The lowest BCUT2D eigenvalue weighted by Crippen LogP contribution is -2.33. The molecule has 7 heteroatoms. The summed E-state index contributed by atoms with van der Waals surface area (Å²) in [5, 5.41) is 0. The minimum atomic E-state index is -0.711. The van der Waals surface area contributed by atoms with Gasteiger partial charge in [0.05, 0.1) is 12.0 Å². The van der Waals surface area contributed by atoms with Crippen LogP contribution in [-0.4, -0.2) is 24.1 Å². The van der Waals surface area contributed by atoms with Crippen LogP contribution in [0.5, 0.6) is 5.75 Å². The number of nitrogens with two attached hydrogens (primary N) is 1. The van der Waals surface area contributed by atoms with E-state index in [4.69, 9.17) is 22.1 Å². The van der Waals surface area contributed by atoms with Crippen molar-refractivity contribution in [2.45, 2.75) is 19.1 Å². The molecule has 0 amide bonds. The minimum Gasteiger partial charge on any atom is -0.488 e. The summed E-state index contributed by atoms with van der Waals surface area (Å²) >= 11 is 7.14. The first-order valence-electron chi connectivity index (χ1n) is 6.24. The summed E-state index contributed by atoms with van der Waals surface area (Å²) in [6, 6.07) is 6.73. The quantitative estimate of drug-likeness (QED) is 0.825. The third kappa shape index (κ3) is 4.42. The second-order valence-corrected chi connectivity index (χ2v) is 6.01. The van der Waals surface area contributed by atoms with E-state index in [9.17, 15) is 4.79 Å². The number of methoxy groups -OCH3 is 1. The molecule has 21 heavy (non-hydrogen) atoms. The molecule has 2 aromatic rings. The van der Waals surface area contributed by atoms with Gasteiger partial charge in [-0.15, -0.1) is 11.3 Å². The summed E-state index contributed by atoms with van der Waals surface area (Å²) in [4.78, 5) is 16.3. The van der Waals surface area contributed by atoms with Crippen LogP contribution in [0.2, 0.25) is 4.47 Å². The van der Waals surface area contributed by atoms with Gasteiger partial charge in [0.15, 0.2) is 4.47 Å². The number of hydrogen-bond donors (Lipinski definition) is 1. The summed E-state index contributed by atoms with van der Waals surface area (Å²) < 4.78 is 10.9. The Kier molecular flexibility index (Phi) is 5.55. The second-order valence-electron chi connectivity index (χ2n) is 4.31. The standard InChI is InChI=1S/C14H15ClN2O3S/c1-19-13(18)11(16)6-9-4-2-3-5-12(9)20-8-10-7-17-14(15)21-10/h2-5,7,11H,6,8,16H2,1H3. The molecule has 1 aromatic carbocycles. The highest BCUT2D eigenvalue weighted by atomic mass is 35.5. The molecule has 2 N–H and O–H groups in total. The molecule has 1 atom stereocenters. The molecule has 0 aliphatic heterocycles. The molecule has 0 spiro atoms. The molecule has 2 rings (SSSR count). The highest BCUT2D eigenvalue weighted by Gasteiger charge is 2.16. The topological polar surface area (TPSA) is 74.4 Å². The molecule has 0 fully saturated rings. The van der Waals surface area contributed by atoms with Gasteiger partial charge in [0, 0.05) is 12.6 Å². The van der Waals surface area contributed by atoms with Crippen molar-refractivity contribution in [3.63, 3.8) is 0 Å². The number of benzene rings is 1. The number of thiazole rings is 1. The summed E-state index contributed by atoms with van der Waals surface area (Å²) in [6.45, 7) is 0.370. The minimum absolute atomic E-state index is 0.353. The molecular weight excluding hydrogens is 312 g/mol. The molecule has 5 nitrogen and oxygen atoms in total. The van der Waals surface area contributed by atoms with Gasteiger partial charge in [-0.1, -0.05) is 29.8 Å². The molecule has 112 valence electrons. The van der Waals surface area contributed by atoms with Gasteiger partial charge < -0.3 is 15.2 Å². The third-order valence-corrected chi connectivity index (χ3v) is 3.90. The first-order valence-corrected chi connectivity index (χ1v) is 7.44. The first kappa shape index (κ1) is 15.8. The lowest BCUT2D eigenvalue weighted by Gasteiger charge is -2.13. The fraction of sp³-hybridized carbons (Fsp3) is 0.286. The van der Waals surface area contributed by atoms with E-state index in [0.29, 0.717) is 23.2 Å². The van der Waals surface area contributed by atoms with Crippen LogP contribution in [0.25, 0.3) is 0 Å². The van der Waals surface area contributed by atoms with E-state index in [1.165, 1.54) is 18.4 Å². The van der Waals surface area contributed by atoms with Crippen LogP contribution in [0.4, 0.5) is 0 Å². The Morgan fingerprint density at radius 2 is 2.24 bits per heavy atom. The number of esters is 1. The Hall–Kier alpha value is -1.63. The number of rotatable bonds is 6. The van der Waals surface area contributed by atoms with E-state index in [0.717, 1.165) is 10.4 Å². The van der Waals surface area contributed by atoms with E-state index < -0.39 is 12.0 Å². The average molecular weight is 327 g/mol. The number of ether oxygens (including phenoxy) is 2. The first-order chi connectivity index (χ1) is 10.1. The lowest BCUT2D eigenvalue weighted by molar-refractivity contribution is -0.142. The zero-order valence-corrected chi connectivity index (χ0v) is 13.0. The molecule has 1 heterocycles. The number of nitrogens with zero attached hydrogens (tertiary/aromatic N) is 1. The molecule has 0 bridgehead atoms. The van der Waals surface area contributed by atoms with Gasteiger partial charge in [-0.3, -0.25) is 4.79 Å². The maximum absolute atomic E-state index is 11.4. The third-order valence-electron chi connectivity index (χ3n) is 2.81. The van der Waals surface area contributed by atoms with Crippen LogP contribution >= 0.6 is 22.9 Å². The smallest absolute Gasteiger partial charge is 0.322 e. The van der Waals surface area contributed by atoms with Gasteiger partial charge in [0.25, 0.3) is 0 Å². The van der Waals surface area contributed by atoms with E-state index >= 15 is 0 Å². The summed E-state index contributed by atoms with van der Waals surface area (Å²) in [5.41, 5.74) is 6.64. The van der Waals surface area contributed by atoms with Crippen molar-refractivity contribution in [3.05, 3.63) is 45.4 Å². The van der Waals surface area contributed by atoms with E-state index in [1.807, 2.05) is 24.3 Å². The van der Waals surface area contributed by atoms with E-state index in [1.54, 1.807) is 6.20 Å². The maximum atomic E-state index is 11.4. The Balaban J connectivity index is 2.04. The fourth-order valence-corrected chi connectivity index (χ4v) is 2.68. The number of carbonyl (C=O) groups excluding carboxylic acids is 1. The summed E-state index contributed by atoms with van der Waals surface area (Å²) in [7, 11) is 1.32. The van der Waals surface area contributed by atoms with Gasteiger partial charge in [-0.25, -0.2) is 4.98 Å². The largest absolute Gasteiger partial charge is 0.488 e. The molecule has 0 aliphatic carbocycles. The molecule has 1 aromatic heterocycles. The van der Waals surface area contributed by atoms with Crippen LogP contribution in [0.3, 0.4) is 0 Å². The Bertz CT molecular complexity index is 618. The van der Waals surface area contributed by atoms with E-state index in [2.05, 4.69) is 9.72 Å². The average Bonchev–Trinajstić information content (AvgIpc) is 2.91. The molecule has 0 aliphatic rings. The van der Waals surface area contributed by atoms with Gasteiger partial charge >= 0.3 is 5.97 Å². The monoisotopic (exact) mass is 326 g/mol. The maximum Gasteiger partial charge on any atom is 0.322 e. The molecular formula is C14H15ClN2O3S. The van der Waals surface area contributed by atoms with Crippen LogP contribution in [0.15, 0.2) is 30.5 Å². The van der Waals surface area contributed by atoms with Crippen molar-refractivity contribution < 1.29 is 14.3 Å². The molecule has 1 unspecified atom stereocenters. The van der Waals surface area contributed by atoms with Crippen LogP contribution in [-0.2, 0) is 22.6 Å². The summed E-state index contributed by atoms with van der Waals surface area (Å²) in [5.74, 6) is 0.236. The van der Waals surface area contributed by atoms with Crippen LogP contribution < -0.4 is 10.5 Å². The van der Waals surface area contributed by atoms with Gasteiger partial charge in [0.1, 0.15) is 18.4 Å². The lowest BCUT2D eigenvalue weighted by atomic mass is 10.1. The zero-order chi connectivity index (χ0) is 15.2. The highest BCUT2D eigenvalue weighted by molar-refractivity contribution is 7.15. The van der Waals surface area contributed by atoms with Crippen LogP contribution in [0.1, 0.15) is 10.4 Å². The van der Waals surface area contributed by atoms with Crippen LogP contribution in [0, 0.1) is 0 Å². The molecule has 0 saturated heterocycles. The molecule has 0 radical (unpaired) electrons. The highest BCUT2D eigenvalue weighted by Crippen LogP contribution is 2.23. The second kappa shape index (κ2) is 7.40. The summed E-state index contributed by atoms with van der Waals surface area (Å²) in [6.07, 6.45) is 2.03. The number of halogens is 1. The van der Waals surface area contributed by atoms with E-state index in [-0.39, 0.29) is 0 Å². The number of para-hydroxylation sites is 1. The number of aromatic nitrogens is 1. The van der Waals surface area contributed by atoms with Crippen molar-refractivity contribution in [3.8, 4) is 5.75 Å². The van der Waals surface area contributed by atoms with Gasteiger partial charge in [-0.05, 0) is 11.6 Å². The van der Waals surface area contributed by atoms with Crippen molar-refractivity contribution in [1.29, 1.82) is 0 Å².